The Labute approximate surface area is 132 Å². The van der Waals surface area contributed by atoms with Gasteiger partial charge in [0.1, 0.15) is 0 Å². The SMILES string of the molecule is COC[C@H](C)Nc1nc(-c2ccc(CNC(C)=O)s2)cs1. The maximum absolute atomic E-state index is 10.9. The summed E-state index contributed by atoms with van der Waals surface area (Å²) in [6, 6.07) is 4.29. The standard InChI is InChI=1S/C14H19N3O2S2/c1-9(7-19-3)16-14-17-12(8-20-14)13-5-4-11(21-13)6-15-10(2)18/h4-5,8-9H,6-7H2,1-3H3,(H,15,18)(H,16,17)/t9-/m0/s1. The van der Waals surface area contributed by atoms with E-state index in [2.05, 4.69) is 22.5 Å². The zero-order chi connectivity index (χ0) is 15.2. The molecule has 1 amide bonds. The molecule has 2 rings (SSSR count). The van der Waals surface area contributed by atoms with Crippen molar-refractivity contribution in [2.24, 2.45) is 0 Å². The van der Waals surface area contributed by atoms with Crippen LogP contribution in [0.25, 0.3) is 10.6 Å². The molecular formula is C14H19N3O2S2. The number of hydrogen-bond donors (Lipinski definition) is 2. The van der Waals surface area contributed by atoms with Gasteiger partial charge in [-0.25, -0.2) is 4.98 Å². The van der Waals surface area contributed by atoms with Gasteiger partial charge < -0.3 is 15.4 Å². The summed E-state index contributed by atoms with van der Waals surface area (Å²) < 4.78 is 5.10. The highest BCUT2D eigenvalue weighted by Gasteiger charge is 2.09. The van der Waals surface area contributed by atoms with Crippen LogP contribution in [0.1, 0.15) is 18.7 Å². The van der Waals surface area contributed by atoms with Crippen molar-refractivity contribution in [3.8, 4) is 10.6 Å². The van der Waals surface area contributed by atoms with Gasteiger partial charge in [0.2, 0.25) is 5.91 Å². The van der Waals surface area contributed by atoms with Crippen molar-refractivity contribution < 1.29 is 9.53 Å². The maximum Gasteiger partial charge on any atom is 0.217 e. The summed E-state index contributed by atoms with van der Waals surface area (Å²) in [5.74, 6) is -0.0165. The quantitative estimate of drug-likeness (QED) is 0.821. The van der Waals surface area contributed by atoms with Crippen molar-refractivity contribution >= 4 is 33.7 Å². The first-order valence-corrected chi connectivity index (χ1v) is 8.32. The van der Waals surface area contributed by atoms with Crippen LogP contribution in [0.4, 0.5) is 5.13 Å². The molecule has 2 N–H and O–H groups in total. The second-order valence-electron chi connectivity index (χ2n) is 4.71. The van der Waals surface area contributed by atoms with E-state index in [1.54, 1.807) is 29.8 Å². The Bertz CT molecular complexity index is 595. The van der Waals surface area contributed by atoms with Gasteiger partial charge in [-0.3, -0.25) is 4.79 Å². The fraction of sp³-hybridized carbons (Fsp3) is 0.429. The molecule has 2 aromatic heterocycles. The van der Waals surface area contributed by atoms with Gasteiger partial charge in [-0.2, -0.15) is 0 Å². The van der Waals surface area contributed by atoms with Crippen molar-refractivity contribution in [3.63, 3.8) is 0 Å². The van der Waals surface area contributed by atoms with E-state index in [-0.39, 0.29) is 11.9 Å². The second-order valence-corrected chi connectivity index (χ2v) is 6.74. The average molecular weight is 325 g/mol. The first-order valence-electron chi connectivity index (χ1n) is 6.63. The number of ether oxygens (including phenoxy) is 1. The number of amides is 1. The first-order chi connectivity index (χ1) is 10.1. The molecule has 1 atom stereocenters. The summed E-state index contributed by atoms with van der Waals surface area (Å²) in [5, 5.41) is 9.04. The fourth-order valence-electron chi connectivity index (χ4n) is 1.78. The number of nitrogens with zero attached hydrogens (tertiary/aromatic N) is 1. The van der Waals surface area contributed by atoms with Gasteiger partial charge in [-0.05, 0) is 19.1 Å². The van der Waals surface area contributed by atoms with Crippen LogP contribution in [0, 0.1) is 0 Å². The lowest BCUT2D eigenvalue weighted by atomic mass is 10.3. The van der Waals surface area contributed by atoms with Crippen molar-refractivity contribution in [2.45, 2.75) is 26.4 Å². The Kier molecular flexibility index (Phi) is 5.72. The Balaban J connectivity index is 1.99. The Hall–Kier alpha value is -1.44. The normalized spacial score (nSPS) is 12.1. The minimum atomic E-state index is -0.0165. The largest absolute Gasteiger partial charge is 0.383 e. The lowest BCUT2D eigenvalue weighted by molar-refractivity contribution is -0.119. The summed E-state index contributed by atoms with van der Waals surface area (Å²) in [5.41, 5.74) is 0.964. The number of methoxy groups -OCH3 is 1. The van der Waals surface area contributed by atoms with Crippen molar-refractivity contribution in [1.82, 2.24) is 10.3 Å². The number of nitrogens with one attached hydrogen (secondary N) is 2. The lowest BCUT2D eigenvalue weighted by Crippen LogP contribution is -2.20. The predicted octanol–water partition coefficient (Wildman–Crippen LogP) is 2.95. The van der Waals surface area contributed by atoms with Crippen LogP contribution in [0.2, 0.25) is 0 Å². The summed E-state index contributed by atoms with van der Waals surface area (Å²) >= 11 is 3.23. The zero-order valence-corrected chi connectivity index (χ0v) is 13.9. The molecule has 0 aromatic carbocycles. The molecular weight excluding hydrogens is 306 g/mol. The molecule has 2 heterocycles. The smallest absolute Gasteiger partial charge is 0.217 e. The summed E-state index contributed by atoms with van der Waals surface area (Å²) in [6.07, 6.45) is 0. The molecule has 0 saturated heterocycles. The zero-order valence-electron chi connectivity index (χ0n) is 12.3. The van der Waals surface area contributed by atoms with Gasteiger partial charge in [0.05, 0.1) is 23.7 Å². The number of thiophene rings is 1. The number of rotatable bonds is 7. The number of hydrogen-bond acceptors (Lipinski definition) is 6. The molecule has 7 heteroatoms. The minimum Gasteiger partial charge on any atom is -0.383 e. The Morgan fingerprint density at radius 3 is 3.00 bits per heavy atom. The molecule has 0 saturated carbocycles. The van der Waals surface area contributed by atoms with E-state index in [0.717, 1.165) is 20.6 Å². The first kappa shape index (κ1) is 15.9. The molecule has 0 radical (unpaired) electrons. The second kappa shape index (κ2) is 7.53. The van der Waals surface area contributed by atoms with E-state index in [0.29, 0.717) is 13.2 Å². The molecule has 0 unspecified atom stereocenters. The highest BCUT2D eigenvalue weighted by molar-refractivity contribution is 7.17. The maximum atomic E-state index is 10.9. The van der Waals surface area contributed by atoms with E-state index in [1.807, 2.05) is 17.5 Å². The highest BCUT2D eigenvalue weighted by atomic mass is 32.1. The van der Waals surface area contributed by atoms with Crippen LogP contribution in [-0.4, -0.2) is 30.6 Å². The number of carbonyl (C=O) groups excluding carboxylic acids is 1. The van der Waals surface area contributed by atoms with Gasteiger partial charge in [0.25, 0.3) is 0 Å². The molecule has 0 aliphatic carbocycles. The van der Waals surface area contributed by atoms with Crippen LogP contribution in [0.3, 0.4) is 0 Å². The summed E-state index contributed by atoms with van der Waals surface area (Å²) in [7, 11) is 1.69. The average Bonchev–Trinajstić information content (AvgIpc) is 3.05. The number of anilines is 1. The van der Waals surface area contributed by atoms with E-state index >= 15 is 0 Å². The molecule has 2 aromatic rings. The molecule has 114 valence electrons. The number of aromatic nitrogens is 1. The van der Waals surface area contributed by atoms with E-state index in [9.17, 15) is 4.79 Å². The third-order valence-electron chi connectivity index (χ3n) is 2.72. The molecule has 0 spiro atoms. The van der Waals surface area contributed by atoms with Gasteiger partial charge in [-0.1, -0.05) is 0 Å². The van der Waals surface area contributed by atoms with E-state index in [4.69, 9.17) is 4.74 Å². The molecule has 0 aliphatic heterocycles. The molecule has 21 heavy (non-hydrogen) atoms. The Morgan fingerprint density at radius 2 is 2.29 bits per heavy atom. The van der Waals surface area contributed by atoms with Crippen LogP contribution in [0.5, 0.6) is 0 Å². The third-order valence-corrected chi connectivity index (χ3v) is 4.60. The van der Waals surface area contributed by atoms with Crippen molar-refractivity contribution in [3.05, 3.63) is 22.4 Å². The van der Waals surface area contributed by atoms with E-state index in [1.165, 1.54) is 6.92 Å². The van der Waals surface area contributed by atoms with Crippen molar-refractivity contribution in [1.29, 1.82) is 0 Å². The molecule has 0 fully saturated rings. The Morgan fingerprint density at radius 1 is 1.48 bits per heavy atom. The lowest BCUT2D eigenvalue weighted by Gasteiger charge is -2.10. The molecule has 5 nitrogen and oxygen atoms in total. The van der Waals surface area contributed by atoms with Gasteiger partial charge >= 0.3 is 0 Å². The third kappa shape index (κ3) is 4.80. The van der Waals surface area contributed by atoms with Crippen LogP contribution in [0.15, 0.2) is 17.5 Å². The van der Waals surface area contributed by atoms with Gasteiger partial charge in [0.15, 0.2) is 5.13 Å². The molecule has 0 bridgehead atoms. The van der Waals surface area contributed by atoms with Gasteiger partial charge in [0, 0.05) is 30.3 Å². The highest BCUT2D eigenvalue weighted by Crippen LogP contribution is 2.30. The summed E-state index contributed by atoms with van der Waals surface area (Å²) in [4.78, 5) is 17.7. The van der Waals surface area contributed by atoms with Crippen molar-refractivity contribution in [2.75, 3.05) is 19.0 Å². The summed E-state index contributed by atoms with van der Waals surface area (Å²) in [6.45, 7) is 4.80. The van der Waals surface area contributed by atoms with Crippen LogP contribution < -0.4 is 10.6 Å². The fourth-order valence-corrected chi connectivity index (χ4v) is 3.58. The predicted molar refractivity (Wildman–Crippen MR) is 87.9 cm³/mol. The van der Waals surface area contributed by atoms with Crippen LogP contribution in [-0.2, 0) is 16.1 Å². The molecule has 0 aliphatic rings. The minimum absolute atomic E-state index is 0.0165. The van der Waals surface area contributed by atoms with Gasteiger partial charge in [-0.15, -0.1) is 22.7 Å². The number of thiazole rings is 1. The topological polar surface area (TPSA) is 63.2 Å². The van der Waals surface area contributed by atoms with Crippen LogP contribution >= 0.6 is 22.7 Å². The van der Waals surface area contributed by atoms with E-state index < -0.39 is 0 Å². The monoisotopic (exact) mass is 325 g/mol. The number of carbonyl (C=O) groups is 1.